The van der Waals surface area contributed by atoms with E-state index in [-0.39, 0.29) is 11.8 Å². The topological polar surface area (TPSA) is 66.5 Å². The molecule has 0 saturated heterocycles. The second-order valence-electron chi connectivity index (χ2n) is 8.50. The van der Waals surface area contributed by atoms with E-state index in [9.17, 15) is 13.2 Å². The Kier molecular flexibility index (Phi) is 8.28. The van der Waals surface area contributed by atoms with E-state index < -0.39 is 10.0 Å². The number of nitrogens with one attached hydrogen (secondary N) is 1. The first-order valence-corrected chi connectivity index (χ1v) is 13.0. The molecule has 2 aromatic rings. The minimum Gasteiger partial charge on any atom is -0.306 e. The molecule has 3 rings (SSSR count). The van der Waals surface area contributed by atoms with Crippen molar-refractivity contribution in [3.8, 4) is 0 Å². The van der Waals surface area contributed by atoms with E-state index in [0.717, 1.165) is 59.6 Å². The number of likely N-dealkylation sites (N-methyl/N-ethyl adjacent to an activating group) is 1. The summed E-state index contributed by atoms with van der Waals surface area (Å²) < 4.78 is 25.6. The summed E-state index contributed by atoms with van der Waals surface area (Å²) in [6, 6.07) is 13.6. The zero-order valence-electron chi connectivity index (χ0n) is 18.2. The average Bonchev–Trinajstić information content (AvgIpc) is 3.10. The fourth-order valence-electron chi connectivity index (χ4n) is 4.11. The molecule has 0 radical (unpaired) electrons. The number of carbonyl (C=O) groups is 1. The zero-order valence-corrected chi connectivity index (χ0v) is 19.8. The number of benzene rings is 2. The molecule has 0 saturated carbocycles. The van der Waals surface area contributed by atoms with Crippen LogP contribution in [0.25, 0.3) is 0 Å². The summed E-state index contributed by atoms with van der Waals surface area (Å²) in [7, 11) is -1.13. The lowest BCUT2D eigenvalue weighted by Gasteiger charge is -2.16. The maximum atomic E-state index is 12.6. The van der Waals surface area contributed by atoms with Crippen LogP contribution in [-0.2, 0) is 29.3 Å². The van der Waals surface area contributed by atoms with Gasteiger partial charge in [0.2, 0.25) is 10.0 Å². The van der Waals surface area contributed by atoms with Crippen LogP contribution in [-0.4, -0.2) is 51.5 Å². The highest BCUT2D eigenvalue weighted by atomic mass is 35.5. The van der Waals surface area contributed by atoms with Gasteiger partial charge in [-0.25, -0.2) is 13.1 Å². The number of hydrogen-bond donors (Lipinski definition) is 1. The van der Waals surface area contributed by atoms with E-state index in [1.165, 1.54) is 6.26 Å². The fourth-order valence-corrected chi connectivity index (χ4v) is 5.12. The van der Waals surface area contributed by atoms with Gasteiger partial charge in [0.25, 0.3) is 0 Å². The smallest absolute Gasteiger partial charge is 0.208 e. The standard InChI is InChI=1S/C24H31ClN2O3S/c1-27(14-12-18-7-3-4-8-23(18)25)13-6-5-9-24(28)20-11-10-19-16-22(17-21(19)15-20)26-31(2,29)30/h3-4,7-8,10-11,15,22,26H,5-6,9,12-14,16-17H2,1-2H3. The SMILES string of the molecule is CN(CCCCC(=O)c1ccc2c(c1)CC(NS(C)(=O)=O)C2)CCc1ccccc1Cl. The van der Waals surface area contributed by atoms with Crippen LogP contribution < -0.4 is 4.72 Å². The lowest BCUT2D eigenvalue weighted by Crippen LogP contribution is -2.34. The molecule has 0 bridgehead atoms. The number of sulfonamides is 1. The fraction of sp³-hybridized carbons (Fsp3) is 0.458. The van der Waals surface area contributed by atoms with Gasteiger partial charge in [-0.05, 0) is 74.5 Å². The second kappa shape index (κ2) is 10.7. The minimum absolute atomic E-state index is 0.114. The summed E-state index contributed by atoms with van der Waals surface area (Å²) in [5.74, 6) is 0.154. The maximum Gasteiger partial charge on any atom is 0.208 e. The molecule has 1 N–H and O–H groups in total. The monoisotopic (exact) mass is 462 g/mol. The van der Waals surface area contributed by atoms with E-state index in [1.807, 2.05) is 36.4 Å². The molecule has 0 aliphatic heterocycles. The molecule has 1 atom stereocenters. The Bertz CT molecular complexity index is 1020. The van der Waals surface area contributed by atoms with Crippen molar-refractivity contribution in [1.29, 1.82) is 0 Å². The minimum atomic E-state index is -3.22. The van der Waals surface area contributed by atoms with Gasteiger partial charge in [-0.15, -0.1) is 0 Å². The van der Waals surface area contributed by atoms with Crippen LogP contribution in [0.2, 0.25) is 5.02 Å². The first-order chi connectivity index (χ1) is 14.7. The van der Waals surface area contributed by atoms with Gasteiger partial charge < -0.3 is 4.90 Å². The third-order valence-corrected chi connectivity index (χ3v) is 6.89. The number of halogens is 1. The van der Waals surface area contributed by atoms with Crippen molar-refractivity contribution in [2.24, 2.45) is 0 Å². The van der Waals surface area contributed by atoms with Gasteiger partial charge in [0.1, 0.15) is 0 Å². The van der Waals surface area contributed by atoms with Gasteiger partial charge >= 0.3 is 0 Å². The number of unbranched alkanes of at least 4 members (excludes halogenated alkanes) is 1. The first-order valence-electron chi connectivity index (χ1n) is 10.8. The molecule has 1 unspecified atom stereocenters. The molecule has 0 amide bonds. The van der Waals surface area contributed by atoms with Crippen LogP contribution in [0.5, 0.6) is 0 Å². The van der Waals surface area contributed by atoms with Crippen molar-refractivity contribution >= 4 is 27.4 Å². The number of hydrogen-bond acceptors (Lipinski definition) is 4. The second-order valence-corrected chi connectivity index (χ2v) is 10.7. The number of Topliss-reactive ketones (excluding diaryl/α,β-unsaturated/α-hetero) is 1. The molecule has 0 fully saturated rings. The van der Waals surface area contributed by atoms with E-state index in [1.54, 1.807) is 0 Å². The molecule has 0 aromatic heterocycles. The number of fused-ring (bicyclic) bond motifs is 1. The average molecular weight is 463 g/mol. The van der Waals surface area contributed by atoms with Crippen molar-refractivity contribution in [2.75, 3.05) is 26.4 Å². The first kappa shape index (κ1) is 23.9. The zero-order chi connectivity index (χ0) is 22.4. The predicted octanol–water partition coefficient (Wildman–Crippen LogP) is 3.88. The van der Waals surface area contributed by atoms with Crippen molar-refractivity contribution in [2.45, 2.75) is 44.6 Å². The molecular formula is C24H31ClN2O3S. The van der Waals surface area contributed by atoms with Crippen LogP contribution in [0.1, 0.15) is 46.3 Å². The quantitative estimate of drug-likeness (QED) is 0.406. The Morgan fingerprint density at radius 2 is 1.84 bits per heavy atom. The molecule has 31 heavy (non-hydrogen) atoms. The molecule has 0 heterocycles. The van der Waals surface area contributed by atoms with Crippen LogP contribution in [0.3, 0.4) is 0 Å². The summed E-state index contributed by atoms with van der Waals surface area (Å²) in [6.45, 7) is 1.88. The summed E-state index contributed by atoms with van der Waals surface area (Å²) in [4.78, 5) is 14.9. The highest BCUT2D eigenvalue weighted by Crippen LogP contribution is 2.24. The Labute approximate surface area is 190 Å². The van der Waals surface area contributed by atoms with Gasteiger partial charge in [0.05, 0.1) is 6.26 Å². The molecule has 5 nitrogen and oxygen atoms in total. The Balaban J connectivity index is 1.40. The lowest BCUT2D eigenvalue weighted by atomic mass is 10.0. The summed E-state index contributed by atoms with van der Waals surface area (Å²) in [5.41, 5.74) is 4.09. The normalized spacial score (nSPS) is 15.9. The Morgan fingerprint density at radius 1 is 1.10 bits per heavy atom. The highest BCUT2D eigenvalue weighted by Gasteiger charge is 2.24. The largest absolute Gasteiger partial charge is 0.306 e. The molecule has 168 valence electrons. The molecule has 1 aliphatic rings. The van der Waals surface area contributed by atoms with E-state index in [2.05, 4.69) is 22.7 Å². The molecule has 2 aromatic carbocycles. The van der Waals surface area contributed by atoms with Gasteiger partial charge in [-0.1, -0.05) is 41.9 Å². The van der Waals surface area contributed by atoms with Crippen LogP contribution in [0, 0.1) is 0 Å². The van der Waals surface area contributed by atoms with Crippen LogP contribution in [0.15, 0.2) is 42.5 Å². The van der Waals surface area contributed by atoms with Crippen molar-refractivity contribution in [3.05, 3.63) is 69.7 Å². The van der Waals surface area contributed by atoms with E-state index >= 15 is 0 Å². The van der Waals surface area contributed by atoms with Crippen LogP contribution in [0.4, 0.5) is 0 Å². The lowest BCUT2D eigenvalue weighted by molar-refractivity contribution is 0.0978. The van der Waals surface area contributed by atoms with Crippen LogP contribution >= 0.6 is 11.6 Å². The number of nitrogens with zero attached hydrogens (tertiary/aromatic N) is 1. The van der Waals surface area contributed by atoms with Crippen molar-refractivity contribution in [3.63, 3.8) is 0 Å². The Morgan fingerprint density at radius 3 is 2.58 bits per heavy atom. The number of carbonyl (C=O) groups excluding carboxylic acids is 1. The predicted molar refractivity (Wildman–Crippen MR) is 126 cm³/mol. The highest BCUT2D eigenvalue weighted by molar-refractivity contribution is 7.88. The molecule has 0 spiro atoms. The van der Waals surface area contributed by atoms with E-state index in [0.29, 0.717) is 19.3 Å². The van der Waals surface area contributed by atoms with Gasteiger partial charge in [-0.2, -0.15) is 0 Å². The molecule has 1 aliphatic carbocycles. The maximum absolute atomic E-state index is 12.6. The van der Waals surface area contributed by atoms with E-state index in [4.69, 9.17) is 11.6 Å². The molecule has 7 heteroatoms. The summed E-state index contributed by atoms with van der Waals surface area (Å²) >= 11 is 6.21. The van der Waals surface area contributed by atoms with Gasteiger partial charge in [-0.3, -0.25) is 4.79 Å². The third kappa shape index (κ3) is 7.42. The third-order valence-electron chi connectivity index (χ3n) is 5.76. The van der Waals surface area contributed by atoms with Gasteiger partial charge in [0.15, 0.2) is 5.78 Å². The van der Waals surface area contributed by atoms with Crippen molar-refractivity contribution < 1.29 is 13.2 Å². The van der Waals surface area contributed by atoms with Gasteiger partial charge in [0, 0.05) is 29.6 Å². The Hall–Kier alpha value is -1.73. The number of rotatable bonds is 11. The number of ketones is 1. The van der Waals surface area contributed by atoms with Crippen molar-refractivity contribution in [1.82, 2.24) is 9.62 Å². The summed E-state index contributed by atoms with van der Waals surface area (Å²) in [6.07, 6.45) is 5.76. The molecular weight excluding hydrogens is 432 g/mol. The summed E-state index contributed by atoms with van der Waals surface area (Å²) in [5, 5.41) is 0.814.